The van der Waals surface area contributed by atoms with Crippen molar-refractivity contribution < 1.29 is 13.2 Å². The summed E-state index contributed by atoms with van der Waals surface area (Å²) < 4.78 is 25.5. The molecule has 1 aromatic carbocycles. The van der Waals surface area contributed by atoms with E-state index in [1.165, 1.54) is 24.1 Å². The van der Waals surface area contributed by atoms with Crippen LogP contribution in [-0.4, -0.2) is 28.4 Å². The molecule has 1 amide bonds. The number of anilines is 2. The van der Waals surface area contributed by atoms with Gasteiger partial charge in [-0.1, -0.05) is 0 Å². The minimum Gasteiger partial charge on any atom is -0.397 e. The van der Waals surface area contributed by atoms with Crippen LogP contribution in [0.15, 0.2) is 17.0 Å². The molecule has 0 aromatic heterocycles. The highest BCUT2D eigenvalue weighted by atomic mass is 32.2. The Kier molecular flexibility index (Phi) is 2.59. The molecule has 0 bridgehead atoms. The second-order valence-corrected chi connectivity index (χ2v) is 5.74. The number of nitrogens with one attached hydrogen (secondary N) is 1. The first kappa shape index (κ1) is 11.9. The average Bonchev–Trinajstić information content (AvgIpc) is 2.55. The van der Waals surface area contributed by atoms with Gasteiger partial charge in [-0.05, 0) is 24.7 Å². The highest BCUT2D eigenvalue weighted by molar-refractivity contribution is 7.89. The quantitative estimate of drug-likeness (QED) is 0.709. The van der Waals surface area contributed by atoms with Crippen molar-refractivity contribution in [3.8, 4) is 0 Å². The van der Waals surface area contributed by atoms with Crippen molar-refractivity contribution in [2.45, 2.75) is 11.3 Å². The Labute approximate surface area is 99.5 Å². The first-order valence-corrected chi connectivity index (χ1v) is 6.47. The Bertz CT molecular complexity index is 595. The third-order valence-corrected chi connectivity index (χ3v) is 4.22. The largest absolute Gasteiger partial charge is 0.397 e. The molecule has 17 heavy (non-hydrogen) atoms. The van der Waals surface area contributed by atoms with Crippen LogP contribution in [0.25, 0.3) is 0 Å². The predicted octanol–water partition coefficient (Wildman–Crippen LogP) is -0.304. The molecule has 0 fully saturated rings. The van der Waals surface area contributed by atoms with Crippen molar-refractivity contribution in [2.24, 2.45) is 0 Å². The molecule has 3 N–H and O–H groups in total. The van der Waals surface area contributed by atoms with E-state index < -0.39 is 10.0 Å². The topological polar surface area (TPSA) is 92.5 Å². The molecule has 0 saturated carbocycles. The van der Waals surface area contributed by atoms with Crippen LogP contribution in [0.5, 0.6) is 0 Å². The third-order valence-electron chi connectivity index (χ3n) is 2.82. The van der Waals surface area contributed by atoms with E-state index in [9.17, 15) is 13.2 Å². The van der Waals surface area contributed by atoms with Crippen LogP contribution >= 0.6 is 0 Å². The van der Waals surface area contributed by atoms with E-state index >= 15 is 0 Å². The van der Waals surface area contributed by atoms with Gasteiger partial charge in [0.15, 0.2) is 0 Å². The van der Waals surface area contributed by atoms with Crippen LogP contribution in [0.4, 0.5) is 11.4 Å². The minimum absolute atomic E-state index is 0.0827. The van der Waals surface area contributed by atoms with Crippen molar-refractivity contribution in [1.29, 1.82) is 0 Å². The molecule has 0 aliphatic carbocycles. The molecular formula is C10H13N3O3S. The van der Waals surface area contributed by atoms with Gasteiger partial charge in [-0.25, -0.2) is 13.1 Å². The summed E-state index contributed by atoms with van der Waals surface area (Å²) >= 11 is 0. The molecule has 2 rings (SSSR count). The van der Waals surface area contributed by atoms with E-state index in [0.717, 1.165) is 0 Å². The summed E-state index contributed by atoms with van der Waals surface area (Å²) in [5.41, 5.74) is 7.33. The maximum absolute atomic E-state index is 11.7. The molecular weight excluding hydrogens is 242 g/mol. The molecule has 0 radical (unpaired) electrons. The summed E-state index contributed by atoms with van der Waals surface area (Å²) in [7, 11) is -0.586. The summed E-state index contributed by atoms with van der Waals surface area (Å²) in [4.78, 5) is 13.0. The van der Waals surface area contributed by atoms with Gasteiger partial charge in [0.1, 0.15) is 0 Å². The summed E-state index contributed by atoms with van der Waals surface area (Å²) in [6, 6.07) is 2.85. The lowest BCUT2D eigenvalue weighted by atomic mass is 10.1. The van der Waals surface area contributed by atoms with Crippen LogP contribution in [0, 0.1) is 0 Å². The summed E-state index contributed by atoms with van der Waals surface area (Å²) in [6.45, 7) is 0. The van der Waals surface area contributed by atoms with Gasteiger partial charge in [-0.2, -0.15) is 0 Å². The van der Waals surface area contributed by atoms with Gasteiger partial charge in [0.25, 0.3) is 0 Å². The van der Waals surface area contributed by atoms with Gasteiger partial charge in [-0.15, -0.1) is 0 Å². The molecule has 1 aromatic rings. The van der Waals surface area contributed by atoms with Gasteiger partial charge in [-0.3, -0.25) is 4.79 Å². The SMILES string of the molecule is CNS(=O)(=O)c1cc(N)c2c(c1)CC(=O)N2C. The monoisotopic (exact) mass is 255 g/mol. The fraction of sp³-hybridized carbons (Fsp3) is 0.300. The Morgan fingerprint density at radius 3 is 2.65 bits per heavy atom. The first-order valence-electron chi connectivity index (χ1n) is 4.99. The van der Waals surface area contributed by atoms with Crippen LogP contribution in [0.2, 0.25) is 0 Å². The van der Waals surface area contributed by atoms with Crippen LogP contribution < -0.4 is 15.4 Å². The van der Waals surface area contributed by atoms with Crippen molar-refractivity contribution in [1.82, 2.24) is 4.72 Å². The standard InChI is InChI=1S/C10H13N3O3S/c1-12-17(15,16)7-3-6-4-9(14)13(2)10(6)8(11)5-7/h3,5,12H,4,11H2,1-2H3. The van der Waals surface area contributed by atoms with Crippen LogP contribution in [0.1, 0.15) is 5.56 Å². The van der Waals surface area contributed by atoms with Crippen molar-refractivity contribution in [2.75, 3.05) is 24.7 Å². The molecule has 6 nitrogen and oxygen atoms in total. The zero-order chi connectivity index (χ0) is 12.8. The fourth-order valence-electron chi connectivity index (χ4n) is 1.91. The molecule has 0 atom stereocenters. The number of hydrogen-bond donors (Lipinski definition) is 2. The molecule has 1 heterocycles. The van der Waals surface area contributed by atoms with E-state index in [-0.39, 0.29) is 17.2 Å². The van der Waals surface area contributed by atoms with Gasteiger partial charge >= 0.3 is 0 Å². The maximum Gasteiger partial charge on any atom is 0.240 e. The zero-order valence-corrected chi connectivity index (χ0v) is 10.3. The molecule has 0 unspecified atom stereocenters. The number of carbonyl (C=O) groups is 1. The maximum atomic E-state index is 11.7. The normalized spacial score (nSPS) is 15.2. The lowest BCUT2D eigenvalue weighted by Crippen LogP contribution is -2.21. The number of nitrogens with two attached hydrogens (primary N) is 1. The van der Waals surface area contributed by atoms with E-state index in [1.54, 1.807) is 7.05 Å². The Morgan fingerprint density at radius 1 is 1.41 bits per heavy atom. The second-order valence-electron chi connectivity index (χ2n) is 3.86. The number of rotatable bonds is 2. The zero-order valence-electron chi connectivity index (χ0n) is 9.52. The summed E-state index contributed by atoms with van der Waals surface area (Å²) in [6.07, 6.45) is 0.184. The number of amides is 1. The van der Waals surface area contributed by atoms with Crippen LogP contribution in [0.3, 0.4) is 0 Å². The molecule has 0 saturated heterocycles. The van der Waals surface area contributed by atoms with Gasteiger partial charge in [0.2, 0.25) is 15.9 Å². The summed E-state index contributed by atoms with van der Waals surface area (Å²) in [5, 5.41) is 0. The molecule has 7 heteroatoms. The first-order chi connectivity index (χ1) is 7.86. The van der Waals surface area contributed by atoms with Crippen molar-refractivity contribution >= 4 is 27.3 Å². The van der Waals surface area contributed by atoms with E-state index in [4.69, 9.17) is 5.73 Å². The minimum atomic E-state index is -3.54. The van der Waals surface area contributed by atoms with Crippen LogP contribution in [-0.2, 0) is 21.2 Å². The van der Waals surface area contributed by atoms with Gasteiger partial charge < -0.3 is 10.6 Å². The van der Waals surface area contributed by atoms with E-state index in [1.807, 2.05) is 0 Å². The number of sulfonamides is 1. The number of nitrogens with zero attached hydrogens (tertiary/aromatic N) is 1. The highest BCUT2D eigenvalue weighted by Gasteiger charge is 2.28. The second kappa shape index (κ2) is 3.71. The number of fused-ring (bicyclic) bond motifs is 1. The average molecular weight is 255 g/mol. The number of nitrogen functional groups attached to an aromatic ring is 1. The molecule has 1 aliphatic heterocycles. The van der Waals surface area contributed by atoms with Gasteiger partial charge in [0, 0.05) is 7.05 Å². The van der Waals surface area contributed by atoms with E-state index in [2.05, 4.69) is 4.72 Å². The third kappa shape index (κ3) is 1.77. The smallest absolute Gasteiger partial charge is 0.240 e. The lowest BCUT2D eigenvalue weighted by molar-refractivity contribution is -0.117. The Hall–Kier alpha value is -1.60. The number of carbonyl (C=O) groups excluding carboxylic acids is 1. The summed E-state index contributed by atoms with van der Waals surface area (Å²) in [5.74, 6) is -0.0919. The van der Waals surface area contributed by atoms with Crippen molar-refractivity contribution in [3.05, 3.63) is 17.7 Å². The molecule has 1 aliphatic rings. The molecule has 92 valence electrons. The number of hydrogen-bond acceptors (Lipinski definition) is 4. The number of likely N-dealkylation sites (N-methyl/N-ethyl adjacent to an activating group) is 1. The molecule has 0 spiro atoms. The Balaban J connectivity index is 2.63. The van der Waals surface area contributed by atoms with Crippen molar-refractivity contribution in [3.63, 3.8) is 0 Å². The van der Waals surface area contributed by atoms with E-state index in [0.29, 0.717) is 16.9 Å². The highest BCUT2D eigenvalue weighted by Crippen LogP contribution is 2.35. The number of benzene rings is 1. The Morgan fingerprint density at radius 2 is 2.06 bits per heavy atom. The predicted molar refractivity (Wildman–Crippen MR) is 64.2 cm³/mol. The fourth-order valence-corrected chi connectivity index (χ4v) is 2.73. The lowest BCUT2D eigenvalue weighted by Gasteiger charge is -2.13. The van der Waals surface area contributed by atoms with Gasteiger partial charge in [0.05, 0.1) is 22.7 Å².